The standard InChI is InChI=1S/C20H31N7S.HI/c1-4-17-15-24-19(28-17)6-8-23-20(21-2)25-14-16-5-7-22-18(13-16)27-11-9-26(3)10-12-27;/h5,7,13,15H,4,6,8-12,14H2,1-3H3,(H2,21,23,25);1H. The maximum atomic E-state index is 4.56. The molecule has 1 fully saturated rings. The SMILES string of the molecule is CCc1cnc(CCNC(=NC)NCc2ccnc(N3CCN(C)CC3)c2)s1.I. The molecule has 2 aromatic rings. The molecule has 3 rings (SSSR count). The minimum atomic E-state index is 0. The Balaban J connectivity index is 0.00000300. The number of aliphatic imine (C=N–C) groups is 1. The number of hydrogen-bond donors (Lipinski definition) is 2. The lowest BCUT2D eigenvalue weighted by molar-refractivity contribution is 0.312. The molecule has 9 heteroatoms. The molecule has 0 radical (unpaired) electrons. The lowest BCUT2D eigenvalue weighted by Crippen LogP contribution is -2.44. The van der Waals surface area contributed by atoms with Crippen LogP contribution in [-0.4, -0.2) is 67.6 Å². The molecule has 160 valence electrons. The maximum absolute atomic E-state index is 4.56. The Morgan fingerprint density at radius 3 is 2.69 bits per heavy atom. The summed E-state index contributed by atoms with van der Waals surface area (Å²) in [4.78, 5) is 19.4. The third-order valence-corrected chi connectivity index (χ3v) is 6.10. The summed E-state index contributed by atoms with van der Waals surface area (Å²) in [5.41, 5.74) is 1.21. The van der Waals surface area contributed by atoms with Gasteiger partial charge in [0, 0.05) is 70.0 Å². The van der Waals surface area contributed by atoms with Gasteiger partial charge in [-0.3, -0.25) is 4.99 Å². The number of thiazole rings is 1. The Labute approximate surface area is 195 Å². The minimum absolute atomic E-state index is 0. The van der Waals surface area contributed by atoms with E-state index in [0.29, 0.717) is 0 Å². The van der Waals surface area contributed by atoms with Crippen LogP contribution in [0.15, 0.2) is 29.5 Å². The van der Waals surface area contributed by atoms with Crippen LogP contribution in [0.25, 0.3) is 0 Å². The highest BCUT2D eigenvalue weighted by Gasteiger charge is 2.15. The summed E-state index contributed by atoms with van der Waals surface area (Å²) >= 11 is 1.79. The molecule has 1 aliphatic heterocycles. The predicted octanol–water partition coefficient (Wildman–Crippen LogP) is 2.38. The van der Waals surface area contributed by atoms with Gasteiger partial charge in [0.05, 0.1) is 5.01 Å². The first kappa shape index (κ1) is 23.8. The number of nitrogens with one attached hydrogen (secondary N) is 2. The number of piperazine rings is 1. The molecule has 29 heavy (non-hydrogen) atoms. The summed E-state index contributed by atoms with van der Waals surface area (Å²) in [6, 6.07) is 4.23. The van der Waals surface area contributed by atoms with E-state index in [2.05, 4.69) is 61.5 Å². The first-order valence-corrected chi connectivity index (χ1v) is 10.8. The van der Waals surface area contributed by atoms with Gasteiger partial charge in [-0.15, -0.1) is 35.3 Å². The van der Waals surface area contributed by atoms with Gasteiger partial charge in [0.2, 0.25) is 0 Å². The van der Waals surface area contributed by atoms with E-state index in [1.54, 1.807) is 18.4 Å². The van der Waals surface area contributed by atoms with E-state index in [9.17, 15) is 0 Å². The van der Waals surface area contributed by atoms with E-state index >= 15 is 0 Å². The van der Waals surface area contributed by atoms with E-state index < -0.39 is 0 Å². The fourth-order valence-electron chi connectivity index (χ4n) is 3.10. The summed E-state index contributed by atoms with van der Waals surface area (Å²) in [7, 11) is 3.97. The Morgan fingerprint density at radius 1 is 1.21 bits per heavy atom. The van der Waals surface area contributed by atoms with E-state index in [1.807, 2.05) is 12.4 Å². The quantitative estimate of drug-likeness (QED) is 0.326. The predicted molar refractivity (Wildman–Crippen MR) is 133 cm³/mol. The summed E-state index contributed by atoms with van der Waals surface area (Å²) in [5, 5.41) is 7.94. The number of rotatable bonds is 7. The molecule has 0 aliphatic carbocycles. The van der Waals surface area contributed by atoms with E-state index in [1.165, 1.54) is 15.4 Å². The monoisotopic (exact) mass is 529 g/mol. The summed E-state index contributed by atoms with van der Waals surface area (Å²) in [6.45, 7) is 7.92. The maximum Gasteiger partial charge on any atom is 0.191 e. The molecule has 7 nitrogen and oxygen atoms in total. The van der Waals surface area contributed by atoms with Crippen molar-refractivity contribution in [2.75, 3.05) is 51.7 Å². The zero-order chi connectivity index (χ0) is 19.8. The van der Waals surface area contributed by atoms with Gasteiger partial charge >= 0.3 is 0 Å². The molecular formula is C20H32IN7S. The number of pyridine rings is 1. The van der Waals surface area contributed by atoms with Crippen LogP contribution in [0.5, 0.6) is 0 Å². The largest absolute Gasteiger partial charge is 0.356 e. The number of likely N-dealkylation sites (N-methyl/N-ethyl adjacent to an activating group) is 1. The van der Waals surface area contributed by atoms with Gasteiger partial charge in [0.1, 0.15) is 5.82 Å². The second-order valence-corrected chi connectivity index (χ2v) is 8.19. The molecule has 0 amide bonds. The van der Waals surface area contributed by atoms with Crippen molar-refractivity contribution < 1.29 is 0 Å². The van der Waals surface area contributed by atoms with Crippen molar-refractivity contribution in [1.29, 1.82) is 0 Å². The fraction of sp³-hybridized carbons (Fsp3) is 0.550. The van der Waals surface area contributed by atoms with Crippen molar-refractivity contribution in [3.63, 3.8) is 0 Å². The summed E-state index contributed by atoms with van der Waals surface area (Å²) < 4.78 is 0. The second kappa shape index (κ2) is 12.3. The van der Waals surface area contributed by atoms with Gasteiger partial charge in [-0.05, 0) is 31.2 Å². The topological polar surface area (TPSA) is 68.7 Å². The first-order chi connectivity index (χ1) is 13.7. The lowest BCUT2D eigenvalue weighted by atomic mass is 10.2. The molecule has 0 spiro atoms. The average Bonchev–Trinajstić information content (AvgIpc) is 3.19. The smallest absolute Gasteiger partial charge is 0.191 e. The Morgan fingerprint density at radius 2 is 2.00 bits per heavy atom. The first-order valence-electron chi connectivity index (χ1n) is 9.94. The van der Waals surface area contributed by atoms with Crippen molar-refractivity contribution in [1.82, 2.24) is 25.5 Å². The normalized spacial score (nSPS) is 15.1. The van der Waals surface area contributed by atoms with Crippen molar-refractivity contribution in [3.05, 3.63) is 40.0 Å². The molecule has 0 saturated carbocycles. The highest BCUT2D eigenvalue weighted by atomic mass is 127. The number of guanidine groups is 1. The van der Waals surface area contributed by atoms with Crippen LogP contribution in [0.2, 0.25) is 0 Å². The fourth-order valence-corrected chi connectivity index (χ4v) is 3.96. The number of anilines is 1. The molecule has 2 aromatic heterocycles. The number of halogens is 1. The third-order valence-electron chi connectivity index (χ3n) is 4.90. The van der Waals surface area contributed by atoms with Gasteiger partial charge in [-0.1, -0.05) is 6.92 Å². The van der Waals surface area contributed by atoms with Gasteiger partial charge < -0.3 is 20.4 Å². The third kappa shape index (κ3) is 7.38. The summed E-state index contributed by atoms with van der Waals surface area (Å²) in [5.74, 6) is 1.87. The van der Waals surface area contributed by atoms with Gasteiger partial charge in [0.25, 0.3) is 0 Å². The van der Waals surface area contributed by atoms with Crippen molar-refractivity contribution in [2.45, 2.75) is 26.3 Å². The highest BCUT2D eigenvalue weighted by molar-refractivity contribution is 14.0. The molecule has 0 atom stereocenters. The molecule has 0 bridgehead atoms. The zero-order valence-corrected chi connectivity index (χ0v) is 20.7. The highest BCUT2D eigenvalue weighted by Crippen LogP contribution is 2.15. The van der Waals surface area contributed by atoms with Crippen molar-refractivity contribution >= 4 is 47.1 Å². The van der Waals surface area contributed by atoms with Crippen molar-refractivity contribution in [3.8, 4) is 0 Å². The van der Waals surface area contributed by atoms with Crippen LogP contribution in [0.4, 0.5) is 5.82 Å². The molecule has 0 aromatic carbocycles. The summed E-state index contributed by atoms with van der Waals surface area (Å²) in [6.07, 6.45) is 5.84. The van der Waals surface area contributed by atoms with Gasteiger partial charge in [-0.2, -0.15) is 0 Å². The van der Waals surface area contributed by atoms with E-state index in [4.69, 9.17) is 0 Å². The van der Waals surface area contributed by atoms with Gasteiger partial charge in [0.15, 0.2) is 5.96 Å². The lowest BCUT2D eigenvalue weighted by Gasteiger charge is -2.33. The Bertz CT molecular complexity index is 772. The molecule has 1 aliphatic rings. The minimum Gasteiger partial charge on any atom is -0.356 e. The molecule has 1 saturated heterocycles. The number of hydrogen-bond acceptors (Lipinski definition) is 6. The number of aromatic nitrogens is 2. The van der Waals surface area contributed by atoms with Crippen LogP contribution in [-0.2, 0) is 19.4 Å². The van der Waals surface area contributed by atoms with Crippen LogP contribution in [0.1, 0.15) is 22.4 Å². The van der Waals surface area contributed by atoms with Crippen LogP contribution >= 0.6 is 35.3 Å². The van der Waals surface area contributed by atoms with Crippen LogP contribution in [0, 0.1) is 0 Å². The van der Waals surface area contributed by atoms with Crippen molar-refractivity contribution in [2.24, 2.45) is 4.99 Å². The van der Waals surface area contributed by atoms with E-state index in [-0.39, 0.29) is 24.0 Å². The number of nitrogens with zero attached hydrogens (tertiary/aromatic N) is 5. The molecule has 0 unspecified atom stereocenters. The Kier molecular flexibility index (Phi) is 10.1. The molecule has 2 N–H and O–H groups in total. The van der Waals surface area contributed by atoms with E-state index in [0.717, 1.165) is 63.9 Å². The zero-order valence-electron chi connectivity index (χ0n) is 17.5. The van der Waals surface area contributed by atoms with Crippen LogP contribution < -0.4 is 15.5 Å². The number of aryl methyl sites for hydroxylation is 1. The molecule has 3 heterocycles. The Hall–Kier alpha value is -1.46. The molecular weight excluding hydrogens is 497 g/mol. The van der Waals surface area contributed by atoms with Gasteiger partial charge in [-0.25, -0.2) is 9.97 Å². The second-order valence-electron chi connectivity index (χ2n) is 6.99. The van der Waals surface area contributed by atoms with Crippen LogP contribution in [0.3, 0.4) is 0 Å². The average molecular weight is 529 g/mol.